The molecule has 0 spiro atoms. The van der Waals surface area contributed by atoms with E-state index in [0.29, 0.717) is 13.1 Å². The summed E-state index contributed by atoms with van der Waals surface area (Å²) < 4.78 is 20.3. The Balaban J connectivity index is 1.94. The summed E-state index contributed by atoms with van der Waals surface area (Å²) in [7, 11) is -3.25. The molecule has 4 rings (SSSR count). The van der Waals surface area contributed by atoms with E-state index < -0.39 is 13.1 Å². The van der Waals surface area contributed by atoms with Gasteiger partial charge in [0.15, 0.2) is 0 Å². The van der Waals surface area contributed by atoms with Gasteiger partial charge in [-0.2, -0.15) is 5.26 Å². The van der Waals surface area contributed by atoms with Gasteiger partial charge in [0, 0.05) is 28.9 Å². The van der Waals surface area contributed by atoms with Gasteiger partial charge in [0.1, 0.15) is 0 Å². The van der Waals surface area contributed by atoms with Gasteiger partial charge < -0.3 is 9.34 Å². The van der Waals surface area contributed by atoms with Gasteiger partial charge in [0.05, 0.1) is 18.1 Å². The van der Waals surface area contributed by atoms with Crippen molar-refractivity contribution in [2.24, 2.45) is 0 Å². The SMILES string of the molecule is Cc1ccc(C(CC#N)P2(=O)N(c3ccccc3)CCCN2c2ccccc2)c(Br)c1. The standard InChI is InChI=1S/C25H25BrN3OP/c1-20-13-14-23(24(26)19-20)25(15-16-27)31(30)28(21-9-4-2-5-10-21)17-8-18-29(31)22-11-6-3-7-12-22/h2-7,9-14,19,25H,8,15,17-18H2,1H3. The van der Waals surface area contributed by atoms with Crippen molar-refractivity contribution in [1.29, 1.82) is 5.26 Å². The molecule has 1 aliphatic heterocycles. The molecule has 0 saturated carbocycles. The third-order valence-corrected chi connectivity index (χ3v) is 9.95. The van der Waals surface area contributed by atoms with Crippen LogP contribution in [0.5, 0.6) is 0 Å². The smallest absolute Gasteiger partial charge is 0.271 e. The molecule has 31 heavy (non-hydrogen) atoms. The fourth-order valence-corrected chi connectivity index (χ4v) is 8.88. The molecule has 1 unspecified atom stereocenters. The molecule has 1 atom stereocenters. The number of hydrogen-bond acceptors (Lipinski definition) is 2. The Kier molecular flexibility index (Phi) is 6.51. The largest absolute Gasteiger partial charge is 0.306 e. The van der Waals surface area contributed by atoms with Crippen LogP contribution in [0.1, 0.15) is 29.6 Å². The fourth-order valence-electron chi connectivity index (χ4n) is 4.31. The topological polar surface area (TPSA) is 47.3 Å². The lowest BCUT2D eigenvalue weighted by Gasteiger charge is -2.48. The molecule has 0 N–H and O–H groups in total. The second-order valence-electron chi connectivity index (χ2n) is 7.76. The van der Waals surface area contributed by atoms with Crippen molar-refractivity contribution in [2.45, 2.75) is 25.4 Å². The van der Waals surface area contributed by atoms with Crippen molar-refractivity contribution in [3.05, 3.63) is 94.5 Å². The monoisotopic (exact) mass is 493 g/mol. The molecule has 0 aromatic heterocycles. The highest BCUT2D eigenvalue weighted by atomic mass is 79.9. The molecule has 0 amide bonds. The summed E-state index contributed by atoms with van der Waals surface area (Å²) in [6.07, 6.45) is 1.06. The predicted octanol–water partition coefficient (Wildman–Crippen LogP) is 7.32. The van der Waals surface area contributed by atoms with E-state index in [9.17, 15) is 5.26 Å². The molecule has 158 valence electrons. The first-order valence-electron chi connectivity index (χ1n) is 10.4. The molecule has 0 radical (unpaired) electrons. The zero-order valence-corrected chi connectivity index (χ0v) is 20.0. The number of nitriles is 1. The van der Waals surface area contributed by atoms with E-state index in [-0.39, 0.29) is 6.42 Å². The Morgan fingerprint density at radius 1 is 0.968 bits per heavy atom. The quantitative estimate of drug-likeness (QED) is 0.349. The summed E-state index contributed by atoms with van der Waals surface area (Å²) in [5, 5.41) is 9.78. The number of nitrogens with zero attached hydrogens (tertiary/aromatic N) is 3. The highest BCUT2D eigenvalue weighted by Gasteiger charge is 2.48. The number of benzene rings is 3. The van der Waals surface area contributed by atoms with Crippen LogP contribution in [-0.2, 0) is 4.57 Å². The molecule has 0 bridgehead atoms. The maximum atomic E-state index is 15.3. The molecule has 1 fully saturated rings. The lowest BCUT2D eigenvalue weighted by atomic mass is 10.1. The van der Waals surface area contributed by atoms with Crippen LogP contribution < -0.4 is 9.34 Å². The molecule has 1 saturated heterocycles. The molecule has 0 aliphatic carbocycles. The zero-order chi connectivity index (χ0) is 21.8. The van der Waals surface area contributed by atoms with Crippen LogP contribution in [0.4, 0.5) is 11.4 Å². The molecule has 4 nitrogen and oxygen atoms in total. The van der Waals surface area contributed by atoms with Gasteiger partial charge in [0.2, 0.25) is 0 Å². The molecule has 1 heterocycles. The van der Waals surface area contributed by atoms with Crippen LogP contribution in [0, 0.1) is 18.3 Å². The van der Waals surface area contributed by atoms with Gasteiger partial charge in [0.25, 0.3) is 7.44 Å². The Hall–Kier alpha value is -2.54. The van der Waals surface area contributed by atoms with E-state index in [1.807, 2.05) is 85.8 Å². The predicted molar refractivity (Wildman–Crippen MR) is 132 cm³/mol. The van der Waals surface area contributed by atoms with E-state index >= 15 is 4.57 Å². The van der Waals surface area contributed by atoms with E-state index in [0.717, 1.165) is 33.4 Å². The van der Waals surface area contributed by atoms with Gasteiger partial charge in [-0.05, 0) is 54.8 Å². The van der Waals surface area contributed by atoms with Crippen LogP contribution in [0.25, 0.3) is 0 Å². The first kappa shape index (κ1) is 21.7. The summed E-state index contributed by atoms with van der Waals surface area (Å²) >= 11 is 3.69. The Labute approximate surface area is 192 Å². The first-order chi connectivity index (χ1) is 15.1. The first-order valence-corrected chi connectivity index (χ1v) is 12.9. The fraction of sp³-hybridized carbons (Fsp3) is 0.240. The Morgan fingerprint density at radius 2 is 1.52 bits per heavy atom. The number of para-hydroxylation sites is 2. The van der Waals surface area contributed by atoms with E-state index in [4.69, 9.17) is 0 Å². The van der Waals surface area contributed by atoms with E-state index in [2.05, 4.69) is 31.3 Å². The summed E-state index contributed by atoms with van der Waals surface area (Å²) in [5.74, 6) is 0. The number of aryl methyl sites for hydroxylation is 1. The zero-order valence-electron chi connectivity index (χ0n) is 17.5. The Bertz CT molecular complexity index is 1080. The molecular weight excluding hydrogens is 469 g/mol. The number of rotatable bonds is 5. The van der Waals surface area contributed by atoms with E-state index in [1.54, 1.807) is 0 Å². The minimum atomic E-state index is -3.25. The number of hydrogen-bond donors (Lipinski definition) is 0. The average molecular weight is 494 g/mol. The highest BCUT2D eigenvalue weighted by molar-refractivity contribution is 9.10. The van der Waals surface area contributed by atoms with Crippen LogP contribution >= 0.6 is 23.4 Å². The minimum Gasteiger partial charge on any atom is -0.306 e. The van der Waals surface area contributed by atoms with Crippen molar-refractivity contribution < 1.29 is 4.57 Å². The van der Waals surface area contributed by atoms with Crippen LogP contribution in [-0.4, -0.2) is 13.1 Å². The third-order valence-electron chi connectivity index (χ3n) is 5.75. The maximum Gasteiger partial charge on any atom is 0.271 e. The van der Waals surface area contributed by atoms with Gasteiger partial charge in [-0.1, -0.05) is 64.5 Å². The lowest BCUT2D eigenvalue weighted by molar-refractivity contribution is 0.546. The van der Waals surface area contributed by atoms with Crippen LogP contribution in [0.2, 0.25) is 0 Å². The van der Waals surface area contributed by atoms with Gasteiger partial charge in [-0.3, -0.25) is 4.57 Å². The summed E-state index contributed by atoms with van der Waals surface area (Å²) in [5.41, 5.74) is 3.44. The highest BCUT2D eigenvalue weighted by Crippen LogP contribution is 2.69. The van der Waals surface area contributed by atoms with Crippen molar-refractivity contribution in [2.75, 3.05) is 22.4 Å². The van der Waals surface area contributed by atoms with Crippen molar-refractivity contribution in [3.8, 4) is 6.07 Å². The maximum absolute atomic E-state index is 15.3. The van der Waals surface area contributed by atoms with Gasteiger partial charge >= 0.3 is 0 Å². The summed E-state index contributed by atoms with van der Waals surface area (Å²) in [4.78, 5) is 0. The second kappa shape index (κ2) is 9.30. The molecule has 6 heteroatoms. The second-order valence-corrected chi connectivity index (χ2v) is 11.4. The summed E-state index contributed by atoms with van der Waals surface area (Å²) in [6.45, 7) is 3.41. The third kappa shape index (κ3) is 4.15. The summed E-state index contributed by atoms with van der Waals surface area (Å²) in [6, 6.07) is 28.3. The van der Waals surface area contributed by atoms with Crippen molar-refractivity contribution in [1.82, 2.24) is 0 Å². The van der Waals surface area contributed by atoms with E-state index in [1.165, 1.54) is 0 Å². The van der Waals surface area contributed by atoms with Gasteiger partial charge in [-0.15, -0.1) is 0 Å². The number of halogens is 1. The molecular formula is C25H25BrN3OP. The molecule has 1 aliphatic rings. The van der Waals surface area contributed by atoms with Crippen LogP contribution in [0.3, 0.4) is 0 Å². The Morgan fingerprint density at radius 3 is 2.00 bits per heavy atom. The average Bonchev–Trinajstić information content (AvgIpc) is 2.79. The number of anilines is 2. The normalized spacial score (nSPS) is 16.5. The van der Waals surface area contributed by atoms with Crippen molar-refractivity contribution >= 4 is 34.7 Å². The molecule has 3 aromatic rings. The minimum absolute atomic E-state index is 0.172. The lowest BCUT2D eigenvalue weighted by Crippen LogP contribution is -2.41. The van der Waals surface area contributed by atoms with Crippen molar-refractivity contribution in [3.63, 3.8) is 0 Å². The molecule has 3 aromatic carbocycles. The van der Waals surface area contributed by atoms with Crippen LogP contribution in [0.15, 0.2) is 83.3 Å². The van der Waals surface area contributed by atoms with Gasteiger partial charge in [-0.25, -0.2) is 0 Å².